The molecular weight excluding hydrogens is 404 g/mol. The van der Waals surface area contributed by atoms with Gasteiger partial charge in [0.2, 0.25) is 5.82 Å². The second kappa shape index (κ2) is 9.82. The molecule has 0 fully saturated rings. The Bertz CT molecular complexity index is 1180. The van der Waals surface area contributed by atoms with Gasteiger partial charge in [-0.3, -0.25) is 0 Å². The summed E-state index contributed by atoms with van der Waals surface area (Å²) in [6, 6.07) is 19.4. The quantitative estimate of drug-likeness (QED) is 0.406. The van der Waals surface area contributed by atoms with Crippen LogP contribution in [0.2, 0.25) is 0 Å². The van der Waals surface area contributed by atoms with Crippen LogP contribution in [-0.2, 0) is 6.54 Å². The fraction of sp³-hybridized carbons (Fsp3) is 0.208. The number of carbonyl (C=O) groups is 1. The standard InChI is InChI=1S/C24H24N6O2/c1-2-3-14-30(22-15-19(24(31)32)12-13-25-22)16-17-8-10-18(11-9-17)20-6-4-5-7-21(20)23-26-28-29-27-23/h4-13,15H,2-3,14,16H2,1H3,(H,31,32)(H,26,27,28,29). The van der Waals surface area contributed by atoms with Gasteiger partial charge in [0.15, 0.2) is 0 Å². The average molecular weight is 428 g/mol. The molecule has 0 atom stereocenters. The Balaban J connectivity index is 1.58. The van der Waals surface area contributed by atoms with Crippen molar-refractivity contribution in [1.29, 1.82) is 0 Å². The molecule has 8 heteroatoms. The average Bonchev–Trinajstić information content (AvgIpc) is 3.37. The summed E-state index contributed by atoms with van der Waals surface area (Å²) in [7, 11) is 0. The molecular formula is C24H24N6O2. The molecule has 2 N–H and O–H groups in total. The first-order valence-electron chi connectivity index (χ1n) is 10.5. The van der Waals surface area contributed by atoms with Crippen LogP contribution in [-0.4, -0.2) is 43.2 Å². The largest absolute Gasteiger partial charge is 0.478 e. The van der Waals surface area contributed by atoms with Gasteiger partial charge in [0, 0.05) is 24.8 Å². The van der Waals surface area contributed by atoms with Crippen molar-refractivity contribution in [3.8, 4) is 22.5 Å². The molecule has 0 aliphatic rings. The second-order valence-corrected chi connectivity index (χ2v) is 7.46. The summed E-state index contributed by atoms with van der Waals surface area (Å²) < 4.78 is 0. The second-order valence-electron chi connectivity index (χ2n) is 7.46. The minimum Gasteiger partial charge on any atom is -0.478 e. The van der Waals surface area contributed by atoms with E-state index in [0.29, 0.717) is 18.2 Å². The van der Waals surface area contributed by atoms with Gasteiger partial charge in [0.25, 0.3) is 0 Å². The number of tetrazole rings is 1. The number of aromatic carboxylic acids is 1. The Morgan fingerprint density at radius 1 is 1.06 bits per heavy atom. The van der Waals surface area contributed by atoms with E-state index in [4.69, 9.17) is 0 Å². The van der Waals surface area contributed by atoms with Crippen molar-refractivity contribution >= 4 is 11.8 Å². The molecule has 0 saturated carbocycles. The number of aromatic nitrogens is 5. The monoisotopic (exact) mass is 428 g/mol. The van der Waals surface area contributed by atoms with Crippen LogP contribution in [0.4, 0.5) is 5.82 Å². The predicted molar refractivity (Wildman–Crippen MR) is 122 cm³/mol. The summed E-state index contributed by atoms with van der Waals surface area (Å²) in [5, 5.41) is 23.7. The van der Waals surface area contributed by atoms with E-state index in [2.05, 4.69) is 61.7 Å². The highest BCUT2D eigenvalue weighted by molar-refractivity contribution is 5.88. The summed E-state index contributed by atoms with van der Waals surface area (Å²) in [5.74, 6) is 0.276. The van der Waals surface area contributed by atoms with E-state index in [9.17, 15) is 9.90 Å². The molecule has 0 amide bonds. The topological polar surface area (TPSA) is 108 Å². The van der Waals surface area contributed by atoms with Crippen molar-refractivity contribution in [3.63, 3.8) is 0 Å². The third kappa shape index (κ3) is 4.80. The maximum Gasteiger partial charge on any atom is 0.335 e. The zero-order chi connectivity index (χ0) is 22.3. The minimum atomic E-state index is -0.950. The Labute approximate surface area is 186 Å². The molecule has 0 saturated heterocycles. The van der Waals surface area contributed by atoms with E-state index >= 15 is 0 Å². The van der Waals surface area contributed by atoms with Gasteiger partial charge in [-0.2, -0.15) is 5.21 Å². The molecule has 2 aromatic carbocycles. The normalized spacial score (nSPS) is 10.8. The van der Waals surface area contributed by atoms with E-state index in [1.54, 1.807) is 12.3 Å². The number of nitrogens with one attached hydrogen (secondary N) is 1. The summed E-state index contributed by atoms with van der Waals surface area (Å²) in [4.78, 5) is 17.9. The first-order valence-corrected chi connectivity index (χ1v) is 10.5. The molecule has 8 nitrogen and oxygen atoms in total. The Hall–Kier alpha value is -4.07. The van der Waals surface area contributed by atoms with Crippen molar-refractivity contribution in [2.75, 3.05) is 11.4 Å². The molecule has 32 heavy (non-hydrogen) atoms. The third-order valence-electron chi connectivity index (χ3n) is 5.25. The molecule has 0 aliphatic carbocycles. The number of aromatic amines is 1. The number of nitrogens with zero attached hydrogens (tertiary/aromatic N) is 5. The summed E-state index contributed by atoms with van der Waals surface area (Å²) in [6.07, 6.45) is 3.59. The number of carboxylic acids is 1. The number of rotatable bonds is 9. The molecule has 0 bridgehead atoms. The van der Waals surface area contributed by atoms with Gasteiger partial charge in [0.1, 0.15) is 5.82 Å². The van der Waals surface area contributed by atoms with Gasteiger partial charge in [-0.05, 0) is 40.5 Å². The fourth-order valence-corrected chi connectivity index (χ4v) is 3.56. The molecule has 0 radical (unpaired) electrons. The van der Waals surface area contributed by atoms with E-state index in [0.717, 1.165) is 41.6 Å². The Morgan fingerprint density at radius 3 is 2.53 bits per heavy atom. The van der Waals surface area contributed by atoms with Gasteiger partial charge < -0.3 is 10.0 Å². The lowest BCUT2D eigenvalue weighted by Crippen LogP contribution is -2.25. The molecule has 4 aromatic rings. The number of benzene rings is 2. The van der Waals surface area contributed by atoms with E-state index in [1.807, 2.05) is 24.3 Å². The lowest BCUT2D eigenvalue weighted by atomic mass is 9.98. The van der Waals surface area contributed by atoms with Crippen LogP contribution < -0.4 is 4.90 Å². The van der Waals surface area contributed by atoms with Gasteiger partial charge in [0.05, 0.1) is 5.56 Å². The molecule has 162 valence electrons. The van der Waals surface area contributed by atoms with Crippen molar-refractivity contribution in [2.24, 2.45) is 0 Å². The minimum absolute atomic E-state index is 0.241. The molecule has 2 aromatic heterocycles. The highest BCUT2D eigenvalue weighted by Gasteiger charge is 2.13. The zero-order valence-electron chi connectivity index (χ0n) is 17.8. The smallest absolute Gasteiger partial charge is 0.335 e. The van der Waals surface area contributed by atoms with Crippen LogP contribution >= 0.6 is 0 Å². The molecule has 2 heterocycles. The lowest BCUT2D eigenvalue weighted by molar-refractivity contribution is 0.0696. The number of anilines is 1. The van der Waals surface area contributed by atoms with Crippen LogP contribution in [0.15, 0.2) is 66.9 Å². The summed E-state index contributed by atoms with van der Waals surface area (Å²) in [6.45, 7) is 3.58. The predicted octanol–water partition coefficient (Wildman–Crippen LogP) is 4.43. The Kier molecular flexibility index (Phi) is 6.50. The highest BCUT2D eigenvalue weighted by atomic mass is 16.4. The first kappa shape index (κ1) is 21.2. The van der Waals surface area contributed by atoms with Crippen LogP contribution in [0.5, 0.6) is 0 Å². The van der Waals surface area contributed by atoms with Crippen molar-refractivity contribution in [1.82, 2.24) is 25.6 Å². The van der Waals surface area contributed by atoms with Gasteiger partial charge in [-0.15, -0.1) is 10.2 Å². The first-order chi connectivity index (χ1) is 15.7. The number of unbranched alkanes of at least 4 members (excludes halogenated alkanes) is 1. The molecule has 4 rings (SSSR count). The summed E-state index contributed by atoms with van der Waals surface area (Å²) in [5.41, 5.74) is 4.35. The number of H-pyrrole nitrogens is 1. The SMILES string of the molecule is CCCCN(Cc1ccc(-c2ccccc2-c2nn[nH]n2)cc1)c1cc(C(=O)O)ccn1. The van der Waals surface area contributed by atoms with E-state index in [-0.39, 0.29) is 5.56 Å². The highest BCUT2D eigenvalue weighted by Crippen LogP contribution is 2.30. The zero-order valence-corrected chi connectivity index (χ0v) is 17.8. The van der Waals surface area contributed by atoms with Gasteiger partial charge in [-0.25, -0.2) is 9.78 Å². The maximum absolute atomic E-state index is 11.4. The lowest BCUT2D eigenvalue weighted by Gasteiger charge is -2.24. The number of carboxylic acid groups (broad SMARTS) is 1. The van der Waals surface area contributed by atoms with Gasteiger partial charge >= 0.3 is 5.97 Å². The van der Waals surface area contributed by atoms with Crippen molar-refractivity contribution in [3.05, 3.63) is 78.0 Å². The molecule has 0 aliphatic heterocycles. The number of hydrogen-bond donors (Lipinski definition) is 2. The van der Waals surface area contributed by atoms with Crippen LogP contribution in [0, 0.1) is 0 Å². The third-order valence-corrected chi connectivity index (χ3v) is 5.25. The maximum atomic E-state index is 11.4. The van der Waals surface area contributed by atoms with Crippen molar-refractivity contribution in [2.45, 2.75) is 26.3 Å². The van der Waals surface area contributed by atoms with Crippen LogP contribution in [0.3, 0.4) is 0 Å². The summed E-state index contributed by atoms with van der Waals surface area (Å²) >= 11 is 0. The Morgan fingerprint density at radius 2 is 1.84 bits per heavy atom. The molecule has 0 unspecified atom stereocenters. The van der Waals surface area contributed by atoms with Crippen LogP contribution in [0.25, 0.3) is 22.5 Å². The fourth-order valence-electron chi connectivity index (χ4n) is 3.56. The van der Waals surface area contributed by atoms with Crippen LogP contribution in [0.1, 0.15) is 35.7 Å². The van der Waals surface area contributed by atoms with E-state index in [1.165, 1.54) is 6.07 Å². The number of pyridine rings is 1. The van der Waals surface area contributed by atoms with Crippen molar-refractivity contribution < 1.29 is 9.90 Å². The molecule has 0 spiro atoms. The van der Waals surface area contributed by atoms with Gasteiger partial charge in [-0.1, -0.05) is 61.9 Å². The number of hydrogen-bond acceptors (Lipinski definition) is 6. The van der Waals surface area contributed by atoms with E-state index < -0.39 is 5.97 Å².